The van der Waals surface area contributed by atoms with Crippen molar-refractivity contribution in [1.82, 2.24) is 10.2 Å². The van der Waals surface area contributed by atoms with Gasteiger partial charge in [-0.2, -0.15) is 0 Å². The van der Waals surface area contributed by atoms with E-state index in [0.717, 1.165) is 36.8 Å². The van der Waals surface area contributed by atoms with Crippen LogP contribution in [0.2, 0.25) is 0 Å². The Morgan fingerprint density at radius 1 is 1.40 bits per heavy atom. The van der Waals surface area contributed by atoms with E-state index in [-0.39, 0.29) is 11.3 Å². The SMILES string of the molecule is CCC1(C(=O)N(C)Cc2ccc(Br)cc2)CCCNC1. The van der Waals surface area contributed by atoms with Crippen molar-refractivity contribution in [3.8, 4) is 0 Å². The Balaban J connectivity index is 2.05. The molecule has 0 saturated carbocycles. The van der Waals surface area contributed by atoms with Crippen molar-refractivity contribution in [3.05, 3.63) is 34.3 Å². The number of nitrogens with one attached hydrogen (secondary N) is 1. The van der Waals surface area contributed by atoms with Crippen molar-refractivity contribution < 1.29 is 4.79 Å². The van der Waals surface area contributed by atoms with Gasteiger partial charge in [0.1, 0.15) is 0 Å². The van der Waals surface area contributed by atoms with E-state index in [1.807, 2.05) is 24.1 Å². The molecule has 1 aromatic rings. The predicted molar refractivity (Wildman–Crippen MR) is 85.4 cm³/mol. The topological polar surface area (TPSA) is 32.3 Å². The van der Waals surface area contributed by atoms with Gasteiger partial charge in [-0.05, 0) is 43.5 Å². The van der Waals surface area contributed by atoms with Crippen LogP contribution in [0.1, 0.15) is 31.7 Å². The summed E-state index contributed by atoms with van der Waals surface area (Å²) in [4.78, 5) is 14.7. The molecule has 1 saturated heterocycles. The highest BCUT2D eigenvalue weighted by molar-refractivity contribution is 9.10. The van der Waals surface area contributed by atoms with E-state index >= 15 is 0 Å². The summed E-state index contributed by atoms with van der Waals surface area (Å²) in [6.45, 7) is 4.64. The Labute approximate surface area is 129 Å². The summed E-state index contributed by atoms with van der Waals surface area (Å²) in [5.41, 5.74) is 0.960. The summed E-state index contributed by atoms with van der Waals surface area (Å²) < 4.78 is 1.07. The van der Waals surface area contributed by atoms with E-state index in [1.165, 1.54) is 5.56 Å². The molecule has 4 heteroatoms. The van der Waals surface area contributed by atoms with Gasteiger partial charge in [0, 0.05) is 24.6 Å². The van der Waals surface area contributed by atoms with Crippen LogP contribution in [0.25, 0.3) is 0 Å². The highest BCUT2D eigenvalue weighted by Gasteiger charge is 2.39. The molecule has 1 amide bonds. The van der Waals surface area contributed by atoms with Gasteiger partial charge in [-0.1, -0.05) is 35.0 Å². The Morgan fingerprint density at radius 2 is 2.10 bits per heavy atom. The maximum absolute atomic E-state index is 12.8. The Bertz CT molecular complexity index is 452. The zero-order valence-electron chi connectivity index (χ0n) is 12.3. The van der Waals surface area contributed by atoms with Crippen LogP contribution in [0, 0.1) is 5.41 Å². The van der Waals surface area contributed by atoms with Gasteiger partial charge in [0.15, 0.2) is 0 Å². The third kappa shape index (κ3) is 3.41. The zero-order valence-corrected chi connectivity index (χ0v) is 13.9. The molecule has 20 heavy (non-hydrogen) atoms. The molecule has 0 bridgehead atoms. The molecule has 0 aromatic heterocycles. The molecule has 0 radical (unpaired) electrons. The van der Waals surface area contributed by atoms with E-state index in [9.17, 15) is 4.79 Å². The van der Waals surface area contributed by atoms with E-state index in [4.69, 9.17) is 0 Å². The van der Waals surface area contributed by atoms with Crippen LogP contribution in [0.5, 0.6) is 0 Å². The summed E-state index contributed by atoms with van der Waals surface area (Å²) in [6, 6.07) is 8.16. The summed E-state index contributed by atoms with van der Waals surface area (Å²) in [5, 5.41) is 3.38. The minimum absolute atomic E-state index is 0.206. The molecular formula is C16H23BrN2O. The molecule has 0 aliphatic carbocycles. The van der Waals surface area contributed by atoms with Gasteiger partial charge in [-0.3, -0.25) is 4.79 Å². The van der Waals surface area contributed by atoms with Gasteiger partial charge in [-0.15, -0.1) is 0 Å². The first kappa shape index (κ1) is 15.5. The summed E-state index contributed by atoms with van der Waals surface area (Å²) >= 11 is 3.43. The minimum atomic E-state index is -0.206. The summed E-state index contributed by atoms with van der Waals surface area (Å²) in [6.07, 6.45) is 3.00. The molecule has 0 spiro atoms. The smallest absolute Gasteiger partial charge is 0.230 e. The fraction of sp³-hybridized carbons (Fsp3) is 0.562. The molecule has 3 nitrogen and oxygen atoms in total. The van der Waals surface area contributed by atoms with Gasteiger partial charge < -0.3 is 10.2 Å². The van der Waals surface area contributed by atoms with Crippen molar-refractivity contribution in [2.24, 2.45) is 5.41 Å². The molecule has 1 heterocycles. The maximum atomic E-state index is 12.8. The standard InChI is InChI=1S/C16H23BrN2O/c1-3-16(9-4-10-18-12-16)15(20)19(2)11-13-5-7-14(17)8-6-13/h5-8,18H,3-4,9-12H2,1-2H3. The molecule has 1 fully saturated rings. The Hall–Kier alpha value is -0.870. The lowest BCUT2D eigenvalue weighted by molar-refractivity contribution is -0.142. The monoisotopic (exact) mass is 338 g/mol. The molecule has 1 aromatic carbocycles. The van der Waals surface area contributed by atoms with Crippen LogP contribution in [0.15, 0.2) is 28.7 Å². The molecule has 1 atom stereocenters. The highest BCUT2D eigenvalue weighted by atomic mass is 79.9. The predicted octanol–water partition coefficient (Wildman–Crippen LogP) is 3.19. The third-order valence-corrected chi connectivity index (χ3v) is 4.81. The van der Waals surface area contributed by atoms with Gasteiger partial charge >= 0.3 is 0 Å². The maximum Gasteiger partial charge on any atom is 0.230 e. The number of carbonyl (C=O) groups is 1. The first-order valence-electron chi connectivity index (χ1n) is 7.28. The van der Waals surface area contributed by atoms with E-state index in [1.54, 1.807) is 0 Å². The van der Waals surface area contributed by atoms with Gasteiger partial charge in [0.2, 0.25) is 5.91 Å². The minimum Gasteiger partial charge on any atom is -0.341 e. The number of carbonyl (C=O) groups excluding carboxylic acids is 1. The van der Waals surface area contributed by atoms with Gasteiger partial charge in [-0.25, -0.2) is 0 Å². The van der Waals surface area contributed by atoms with E-state index < -0.39 is 0 Å². The Kier molecular flexibility index (Phi) is 5.22. The molecule has 1 N–H and O–H groups in total. The first-order chi connectivity index (χ1) is 9.57. The number of halogens is 1. The quantitative estimate of drug-likeness (QED) is 0.914. The lowest BCUT2D eigenvalue weighted by atomic mass is 9.77. The average molecular weight is 339 g/mol. The second-order valence-electron chi connectivity index (χ2n) is 5.70. The van der Waals surface area contributed by atoms with E-state index in [0.29, 0.717) is 6.54 Å². The lowest BCUT2D eigenvalue weighted by Crippen LogP contribution is -2.50. The number of benzene rings is 1. The summed E-state index contributed by atoms with van der Waals surface area (Å²) in [5.74, 6) is 0.273. The number of hydrogen-bond donors (Lipinski definition) is 1. The van der Waals surface area contributed by atoms with Gasteiger partial charge in [0.25, 0.3) is 0 Å². The van der Waals surface area contributed by atoms with Crippen molar-refractivity contribution in [2.75, 3.05) is 20.1 Å². The van der Waals surface area contributed by atoms with Crippen molar-refractivity contribution in [3.63, 3.8) is 0 Å². The number of amides is 1. The van der Waals surface area contributed by atoms with Crippen LogP contribution in [0.4, 0.5) is 0 Å². The lowest BCUT2D eigenvalue weighted by Gasteiger charge is -2.38. The average Bonchev–Trinajstić information content (AvgIpc) is 2.49. The van der Waals surface area contributed by atoms with Crippen LogP contribution in [-0.2, 0) is 11.3 Å². The van der Waals surface area contributed by atoms with Gasteiger partial charge in [0.05, 0.1) is 5.41 Å². The van der Waals surface area contributed by atoms with Crippen LogP contribution < -0.4 is 5.32 Å². The Morgan fingerprint density at radius 3 is 2.65 bits per heavy atom. The van der Waals surface area contributed by atoms with Crippen LogP contribution in [-0.4, -0.2) is 30.9 Å². The highest BCUT2D eigenvalue weighted by Crippen LogP contribution is 2.32. The molecular weight excluding hydrogens is 316 g/mol. The normalized spacial score (nSPS) is 22.6. The number of rotatable bonds is 4. The summed E-state index contributed by atoms with van der Waals surface area (Å²) in [7, 11) is 1.91. The second kappa shape index (κ2) is 6.72. The van der Waals surface area contributed by atoms with Crippen LogP contribution >= 0.6 is 15.9 Å². The third-order valence-electron chi connectivity index (χ3n) is 4.28. The number of piperidine rings is 1. The fourth-order valence-electron chi connectivity index (χ4n) is 2.94. The molecule has 2 rings (SSSR count). The van der Waals surface area contributed by atoms with E-state index in [2.05, 4.69) is 40.3 Å². The number of nitrogens with zero attached hydrogens (tertiary/aromatic N) is 1. The molecule has 110 valence electrons. The largest absolute Gasteiger partial charge is 0.341 e. The molecule has 1 unspecified atom stereocenters. The first-order valence-corrected chi connectivity index (χ1v) is 8.07. The molecule has 1 aliphatic rings. The molecule has 1 aliphatic heterocycles. The second-order valence-corrected chi connectivity index (χ2v) is 6.62. The van der Waals surface area contributed by atoms with Crippen molar-refractivity contribution >= 4 is 21.8 Å². The van der Waals surface area contributed by atoms with Crippen molar-refractivity contribution in [1.29, 1.82) is 0 Å². The fourth-order valence-corrected chi connectivity index (χ4v) is 3.21. The number of hydrogen-bond acceptors (Lipinski definition) is 2. The van der Waals surface area contributed by atoms with Crippen molar-refractivity contribution in [2.45, 2.75) is 32.7 Å². The zero-order chi connectivity index (χ0) is 14.6. The van der Waals surface area contributed by atoms with Crippen LogP contribution in [0.3, 0.4) is 0 Å².